The molecule has 3 rings (SSSR count). The van der Waals surface area contributed by atoms with Crippen LogP contribution in [0.3, 0.4) is 0 Å². The number of nitrogens with one attached hydrogen (secondary N) is 2. The quantitative estimate of drug-likeness (QED) is 0.816. The molecular weight excluding hydrogens is 302 g/mol. The van der Waals surface area contributed by atoms with Crippen molar-refractivity contribution >= 4 is 34.0 Å². The average Bonchev–Trinajstić information content (AvgIpc) is 2.78. The third kappa shape index (κ3) is 2.67. The second kappa shape index (κ2) is 5.69. The van der Waals surface area contributed by atoms with Crippen molar-refractivity contribution in [1.29, 1.82) is 0 Å². The van der Waals surface area contributed by atoms with Gasteiger partial charge in [-0.25, -0.2) is 8.42 Å². The Morgan fingerprint density at radius 2 is 1.85 bits per heavy atom. The number of hydrogen-bond acceptors (Lipinski definition) is 4. The van der Waals surface area contributed by atoms with E-state index in [0.29, 0.717) is 31.9 Å². The zero-order chi connectivity index (χ0) is 13.5. The number of sulfonamides is 1. The standard InChI is InChI=1S/C12H15N3O3S.ClH/c16-12-8-9-7-10(1-2-11(9)14-12)19(17,18)15-5-3-13-4-6-15;/h1-2,7,13H,3-6,8H2,(H,14,16);1H. The van der Waals surface area contributed by atoms with Gasteiger partial charge in [0.15, 0.2) is 0 Å². The van der Waals surface area contributed by atoms with Gasteiger partial charge in [-0.15, -0.1) is 12.4 Å². The smallest absolute Gasteiger partial charge is 0.243 e. The minimum atomic E-state index is -3.45. The maximum Gasteiger partial charge on any atom is 0.243 e. The Hall–Kier alpha value is -1.15. The molecule has 0 unspecified atom stereocenters. The Balaban J connectivity index is 0.00000147. The van der Waals surface area contributed by atoms with E-state index < -0.39 is 10.0 Å². The first-order chi connectivity index (χ1) is 9.07. The lowest BCUT2D eigenvalue weighted by Crippen LogP contribution is -2.46. The predicted molar refractivity (Wildman–Crippen MR) is 77.7 cm³/mol. The molecule has 2 heterocycles. The molecule has 2 N–H and O–H groups in total. The number of fused-ring (bicyclic) bond motifs is 1. The molecule has 0 atom stereocenters. The monoisotopic (exact) mass is 317 g/mol. The first kappa shape index (κ1) is 15.2. The van der Waals surface area contributed by atoms with Crippen LogP contribution in [0.5, 0.6) is 0 Å². The average molecular weight is 318 g/mol. The minimum Gasteiger partial charge on any atom is -0.326 e. The first-order valence-corrected chi connectivity index (χ1v) is 7.65. The molecule has 0 radical (unpaired) electrons. The number of hydrogen-bond donors (Lipinski definition) is 2. The third-order valence-corrected chi connectivity index (χ3v) is 5.31. The molecule has 0 aromatic heterocycles. The minimum absolute atomic E-state index is 0. The van der Waals surface area contributed by atoms with Gasteiger partial charge in [-0.05, 0) is 23.8 Å². The number of benzene rings is 1. The number of amides is 1. The van der Waals surface area contributed by atoms with Crippen molar-refractivity contribution in [1.82, 2.24) is 9.62 Å². The summed E-state index contributed by atoms with van der Waals surface area (Å²) >= 11 is 0. The lowest BCUT2D eigenvalue weighted by Gasteiger charge is -2.26. The van der Waals surface area contributed by atoms with Crippen LogP contribution in [-0.4, -0.2) is 44.8 Å². The summed E-state index contributed by atoms with van der Waals surface area (Å²) in [5.74, 6) is -0.0910. The molecule has 0 saturated carbocycles. The zero-order valence-corrected chi connectivity index (χ0v) is 12.4. The summed E-state index contributed by atoms with van der Waals surface area (Å²) in [6.07, 6.45) is 0.250. The van der Waals surface area contributed by atoms with Gasteiger partial charge in [0.25, 0.3) is 0 Å². The number of rotatable bonds is 2. The molecule has 110 valence electrons. The fourth-order valence-electron chi connectivity index (χ4n) is 2.40. The van der Waals surface area contributed by atoms with Crippen molar-refractivity contribution in [3.05, 3.63) is 23.8 Å². The van der Waals surface area contributed by atoms with Gasteiger partial charge in [0, 0.05) is 31.9 Å². The Labute approximate surface area is 124 Å². The third-order valence-electron chi connectivity index (χ3n) is 3.42. The van der Waals surface area contributed by atoms with Crippen LogP contribution >= 0.6 is 12.4 Å². The summed E-state index contributed by atoms with van der Waals surface area (Å²) in [5, 5.41) is 5.82. The second-order valence-corrected chi connectivity index (χ2v) is 6.64. The van der Waals surface area contributed by atoms with E-state index in [1.807, 2.05) is 0 Å². The van der Waals surface area contributed by atoms with E-state index in [2.05, 4.69) is 10.6 Å². The van der Waals surface area contributed by atoms with Gasteiger partial charge in [0.2, 0.25) is 15.9 Å². The Morgan fingerprint density at radius 3 is 2.55 bits per heavy atom. The van der Waals surface area contributed by atoms with E-state index in [-0.39, 0.29) is 29.6 Å². The van der Waals surface area contributed by atoms with E-state index in [0.717, 1.165) is 5.56 Å². The number of halogens is 1. The Kier molecular flexibility index (Phi) is 4.33. The van der Waals surface area contributed by atoms with E-state index in [4.69, 9.17) is 0 Å². The number of piperazine rings is 1. The zero-order valence-electron chi connectivity index (χ0n) is 10.8. The molecule has 0 spiro atoms. The molecule has 2 aliphatic heterocycles. The van der Waals surface area contributed by atoms with Crippen molar-refractivity contribution in [3.8, 4) is 0 Å². The fourth-order valence-corrected chi connectivity index (χ4v) is 3.89. The van der Waals surface area contributed by atoms with Gasteiger partial charge in [-0.1, -0.05) is 0 Å². The molecule has 8 heteroatoms. The van der Waals surface area contributed by atoms with Crippen LogP contribution in [0.15, 0.2) is 23.1 Å². The normalized spacial score (nSPS) is 19.1. The van der Waals surface area contributed by atoms with Gasteiger partial charge < -0.3 is 10.6 Å². The Bertz CT molecular complexity index is 627. The van der Waals surface area contributed by atoms with Gasteiger partial charge in [0.1, 0.15) is 0 Å². The van der Waals surface area contributed by atoms with Gasteiger partial charge in [-0.2, -0.15) is 4.31 Å². The predicted octanol–water partition coefficient (Wildman–Crippen LogP) is 0.197. The van der Waals surface area contributed by atoms with Crippen LogP contribution < -0.4 is 10.6 Å². The van der Waals surface area contributed by atoms with Gasteiger partial charge in [0.05, 0.1) is 11.3 Å². The van der Waals surface area contributed by atoms with Crippen LogP contribution in [0.25, 0.3) is 0 Å². The molecule has 6 nitrogen and oxygen atoms in total. The van der Waals surface area contributed by atoms with Crippen molar-refractivity contribution in [2.24, 2.45) is 0 Å². The molecule has 0 aliphatic carbocycles. The summed E-state index contributed by atoms with van der Waals surface area (Å²) in [6.45, 7) is 2.31. The van der Waals surface area contributed by atoms with Crippen LogP contribution in [-0.2, 0) is 21.2 Å². The highest BCUT2D eigenvalue weighted by molar-refractivity contribution is 7.89. The van der Waals surface area contributed by atoms with E-state index >= 15 is 0 Å². The molecular formula is C12H16ClN3O3S. The van der Waals surface area contributed by atoms with Crippen molar-refractivity contribution in [3.63, 3.8) is 0 Å². The van der Waals surface area contributed by atoms with Crippen LogP contribution in [0, 0.1) is 0 Å². The lowest BCUT2D eigenvalue weighted by molar-refractivity contribution is -0.115. The maximum atomic E-state index is 12.5. The molecule has 1 amide bonds. The summed E-state index contributed by atoms with van der Waals surface area (Å²) in [7, 11) is -3.45. The molecule has 1 fully saturated rings. The SMILES string of the molecule is Cl.O=C1Cc2cc(S(=O)(=O)N3CCNCC3)ccc2N1. The molecule has 0 bridgehead atoms. The number of carbonyl (C=O) groups excluding carboxylic acids is 1. The Morgan fingerprint density at radius 1 is 1.15 bits per heavy atom. The van der Waals surface area contributed by atoms with E-state index in [1.165, 1.54) is 4.31 Å². The topological polar surface area (TPSA) is 78.5 Å². The summed E-state index contributed by atoms with van der Waals surface area (Å²) in [4.78, 5) is 11.6. The van der Waals surface area contributed by atoms with E-state index in [9.17, 15) is 13.2 Å². The second-order valence-electron chi connectivity index (χ2n) is 4.70. The van der Waals surface area contributed by atoms with Crippen LogP contribution in [0.2, 0.25) is 0 Å². The van der Waals surface area contributed by atoms with Crippen LogP contribution in [0.4, 0.5) is 5.69 Å². The molecule has 1 aromatic rings. The molecule has 1 saturated heterocycles. The lowest BCUT2D eigenvalue weighted by atomic mass is 10.2. The first-order valence-electron chi connectivity index (χ1n) is 6.21. The molecule has 2 aliphatic rings. The number of nitrogens with zero attached hydrogens (tertiary/aromatic N) is 1. The highest BCUT2D eigenvalue weighted by Gasteiger charge is 2.27. The summed E-state index contributed by atoms with van der Waals surface area (Å²) in [6, 6.07) is 4.82. The number of anilines is 1. The van der Waals surface area contributed by atoms with Crippen molar-refractivity contribution < 1.29 is 13.2 Å². The largest absolute Gasteiger partial charge is 0.326 e. The molecule has 1 aromatic carbocycles. The van der Waals surface area contributed by atoms with Crippen molar-refractivity contribution in [2.75, 3.05) is 31.5 Å². The maximum absolute atomic E-state index is 12.5. The highest BCUT2D eigenvalue weighted by atomic mass is 35.5. The van der Waals surface area contributed by atoms with Gasteiger partial charge >= 0.3 is 0 Å². The molecule has 20 heavy (non-hydrogen) atoms. The highest BCUT2D eigenvalue weighted by Crippen LogP contribution is 2.27. The fraction of sp³-hybridized carbons (Fsp3) is 0.417. The summed E-state index contributed by atoms with van der Waals surface area (Å²) in [5.41, 5.74) is 1.46. The van der Waals surface area contributed by atoms with Crippen LogP contribution in [0.1, 0.15) is 5.56 Å². The summed E-state index contributed by atoms with van der Waals surface area (Å²) < 4.78 is 26.4. The van der Waals surface area contributed by atoms with E-state index in [1.54, 1.807) is 18.2 Å². The van der Waals surface area contributed by atoms with Crippen molar-refractivity contribution in [2.45, 2.75) is 11.3 Å². The number of carbonyl (C=O) groups is 1. The van der Waals surface area contributed by atoms with Gasteiger partial charge in [-0.3, -0.25) is 4.79 Å².